The van der Waals surface area contributed by atoms with E-state index in [0.717, 1.165) is 5.56 Å². The summed E-state index contributed by atoms with van der Waals surface area (Å²) in [4.78, 5) is 12.4. The highest BCUT2D eigenvalue weighted by Crippen LogP contribution is 2.29. The Morgan fingerprint density at radius 1 is 1.21 bits per heavy atom. The molecule has 0 radical (unpaired) electrons. The fraction of sp³-hybridized carbons (Fsp3) is 0.250. The number of benzene rings is 2. The van der Waals surface area contributed by atoms with Crippen molar-refractivity contribution in [1.82, 2.24) is 15.5 Å². The molecule has 0 fully saturated rings. The molecule has 0 unspecified atom stereocenters. The number of nitrogens with zero attached hydrogens (tertiary/aromatic N) is 2. The lowest BCUT2D eigenvalue weighted by atomic mass is 9.94. The maximum Gasteiger partial charge on any atom is 0.286 e. The number of carbonyl (C=O) groups is 1. The van der Waals surface area contributed by atoms with Crippen LogP contribution in [-0.4, -0.2) is 23.2 Å². The molecule has 0 saturated carbocycles. The van der Waals surface area contributed by atoms with E-state index in [0.29, 0.717) is 28.0 Å². The van der Waals surface area contributed by atoms with Crippen molar-refractivity contribution in [3.8, 4) is 5.75 Å². The zero-order chi connectivity index (χ0) is 21.0. The predicted molar refractivity (Wildman–Crippen MR) is 112 cm³/mol. The van der Waals surface area contributed by atoms with Crippen molar-refractivity contribution in [2.24, 2.45) is 0 Å². The Hall–Kier alpha value is -2.55. The zero-order valence-electron chi connectivity index (χ0n) is 16.1. The van der Waals surface area contributed by atoms with Crippen LogP contribution in [0.4, 0.5) is 10.1 Å². The van der Waals surface area contributed by atoms with Gasteiger partial charge in [0.25, 0.3) is 5.91 Å². The highest BCUT2D eigenvalue weighted by atomic mass is 35.5. The summed E-state index contributed by atoms with van der Waals surface area (Å²) in [6, 6.07) is 11.3. The third kappa shape index (κ3) is 5.29. The van der Waals surface area contributed by atoms with E-state index >= 15 is 0 Å². The number of anilines is 1. The van der Waals surface area contributed by atoms with Crippen LogP contribution in [0.15, 0.2) is 42.5 Å². The van der Waals surface area contributed by atoms with Gasteiger partial charge in [-0.3, -0.25) is 4.79 Å². The third-order valence-corrected chi connectivity index (χ3v) is 5.53. The van der Waals surface area contributed by atoms with E-state index in [1.807, 2.05) is 13.8 Å². The van der Waals surface area contributed by atoms with E-state index in [1.165, 1.54) is 23.5 Å². The Kier molecular flexibility index (Phi) is 6.46. The number of nitrogens with one attached hydrogen (secondary N) is 2. The molecule has 1 aromatic heterocycles. The molecule has 3 aromatic rings. The van der Waals surface area contributed by atoms with E-state index < -0.39 is 5.54 Å². The Balaban J connectivity index is 1.62. The zero-order valence-corrected chi connectivity index (χ0v) is 17.7. The first-order valence-electron chi connectivity index (χ1n) is 8.77. The summed E-state index contributed by atoms with van der Waals surface area (Å²) in [6.45, 7) is 4.25. The van der Waals surface area contributed by atoms with Crippen molar-refractivity contribution >= 4 is 34.5 Å². The van der Waals surface area contributed by atoms with Crippen molar-refractivity contribution in [3.05, 3.63) is 68.9 Å². The molecule has 1 heterocycles. The molecule has 0 bridgehead atoms. The van der Waals surface area contributed by atoms with Gasteiger partial charge >= 0.3 is 0 Å². The molecule has 1 amide bonds. The number of aromatic nitrogens is 2. The average Bonchev–Trinajstić information content (AvgIpc) is 3.16. The lowest BCUT2D eigenvalue weighted by Crippen LogP contribution is -2.36. The molecular formula is C20H20ClFN4O2S. The second-order valence-corrected chi connectivity index (χ2v) is 8.26. The number of halogens is 2. The fourth-order valence-electron chi connectivity index (χ4n) is 2.66. The number of hydrogen-bond acceptors (Lipinski definition) is 6. The number of rotatable bonds is 7. The van der Waals surface area contributed by atoms with E-state index in [-0.39, 0.29) is 16.7 Å². The molecule has 6 nitrogen and oxygen atoms in total. The Labute approximate surface area is 177 Å². The Morgan fingerprint density at radius 3 is 2.59 bits per heavy atom. The van der Waals surface area contributed by atoms with Gasteiger partial charge in [-0.25, -0.2) is 4.39 Å². The number of methoxy groups -OCH3 is 1. The molecule has 0 saturated heterocycles. The second-order valence-electron chi connectivity index (χ2n) is 6.79. The topological polar surface area (TPSA) is 76.1 Å². The first-order valence-corrected chi connectivity index (χ1v) is 9.96. The lowest BCUT2D eigenvalue weighted by Gasteiger charge is -2.27. The van der Waals surface area contributed by atoms with Crippen LogP contribution in [0.5, 0.6) is 5.75 Å². The normalized spacial score (nSPS) is 11.3. The summed E-state index contributed by atoms with van der Waals surface area (Å²) in [6.07, 6.45) is 0. The predicted octanol–water partition coefficient (Wildman–Crippen LogP) is 4.62. The van der Waals surface area contributed by atoms with Crippen LogP contribution in [0.3, 0.4) is 0 Å². The first-order chi connectivity index (χ1) is 13.8. The van der Waals surface area contributed by atoms with Crippen LogP contribution >= 0.6 is 22.9 Å². The van der Waals surface area contributed by atoms with Gasteiger partial charge in [0.1, 0.15) is 16.6 Å². The number of hydrogen-bond donors (Lipinski definition) is 2. The van der Waals surface area contributed by atoms with Crippen LogP contribution < -0.4 is 15.4 Å². The first kappa shape index (κ1) is 21.2. The third-order valence-electron chi connectivity index (χ3n) is 4.30. The lowest BCUT2D eigenvalue weighted by molar-refractivity contribution is 0.102. The minimum absolute atomic E-state index is 0.259. The highest BCUT2D eigenvalue weighted by molar-refractivity contribution is 7.13. The van der Waals surface area contributed by atoms with Gasteiger partial charge in [-0.1, -0.05) is 29.0 Å². The average molecular weight is 435 g/mol. The van der Waals surface area contributed by atoms with Gasteiger partial charge in [0.2, 0.25) is 5.01 Å². The van der Waals surface area contributed by atoms with E-state index in [4.69, 9.17) is 16.3 Å². The minimum atomic E-state index is -0.526. The fourth-order valence-corrected chi connectivity index (χ4v) is 3.74. The van der Waals surface area contributed by atoms with E-state index in [9.17, 15) is 9.18 Å². The summed E-state index contributed by atoms with van der Waals surface area (Å²) < 4.78 is 18.4. The van der Waals surface area contributed by atoms with Crippen LogP contribution in [-0.2, 0) is 12.1 Å². The molecule has 9 heteroatoms. The molecule has 152 valence electrons. The molecule has 0 atom stereocenters. The maximum absolute atomic E-state index is 13.3. The van der Waals surface area contributed by atoms with Gasteiger partial charge in [-0.2, -0.15) is 0 Å². The van der Waals surface area contributed by atoms with Crippen molar-refractivity contribution < 1.29 is 13.9 Å². The van der Waals surface area contributed by atoms with Crippen molar-refractivity contribution in [2.45, 2.75) is 25.9 Å². The number of carbonyl (C=O) groups excluding carboxylic acids is 1. The van der Waals surface area contributed by atoms with Crippen LogP contribution in [0.25, 0.3) is 0 Å². The van der Waals surface area contributed by atoms with Crippen molar-refractivity contribution in [1.29, 1.82) is 0 Å². The monoisotopic (exact) mass is 434 g/mol. The SMILES string of the molecule is COc1ccc(NC(=O)c2nnc(CNC(C)(C)c3ccc(F)cc3Cl)s2)cc1. The van der Waals surface area contributed by atoms with E-state index in [2.05, 4.69) is 20.8 Å². The summed E-state index contributed by atoms with van der Waals surface area (Å²) in [5.41, 5.74) is 0.877. The van der Waals surface area contributed by atoms with Crippen molar-refractivity contribution in [2.75, 3.05) is 12.4 Å². The summed E-state index contributed by atoms with van der Waals surface area (Å²) in [5, 5.41) is 15.4. The van der Waals surface area contributed by atoms with Gasteiger partial charge in [0.05, 0.1) is 13.7 Å². The standard InChI is InChI=1S/C20H20ClFN4O2S/c1-20(2,15-9-4-12(22)10-16(15)21)23-11-17-25-26-19(29-17)18(27)24-13-5-7-14(28-3)8-6-13/h4-10,23H,11H2,1-3H3,(H,24,27). The molecule has 29 heavy (non-hydrogen) atoms. The Morgan fingerprint density at radius 2 is 1.93 bits per heavy atom. The van der Waals surface area contributed by atoms with Gasteiger partial charge in [0, 0.05) is 16.2 Å². The van der Waals surface area contributed by atoms with Gasteiger partial charge < -0.3 is 15.4 Å². The second kappa shape index (κ2) is 8.86. The van der Waals surface area contributed by atoms with Crippen LogP contribution in [0.1, 0.15) is 34.2 Å². The molecule has 0 aliphatic carbocycles. The summed E-state index contributed by atoms with van der Waals surface area (Å²) in [7, 11) is 1.58. The molecule has 2 N–H and O–H groups in total. The molecule has 0 aliphatic rings. The maximum atomic E-state index is 13.3. The largest absolute Gasteiger partial charge is 0.497 e. The molecule has 0 spiro atoms. The van der Waals surface area contributed by atoms with E-state index in [1.54, 1.807) is 37.4 Å². The summed E-state index contributed by atoms with van der Waals surface area (Å²) >= 11 is 7.37. The van der Waals surface area contributed by atoms with Crippen LogP contribution in [0, 0.1) is 5.82 Å². The molecule has 3 rings (SSSR count). The Bertz CT molecular complexity index is 1010. The van der Waals surface area contributed by atoms with Gasteiger partial charge in [-0.15, -0.1) is 10.2 Å². The molecular weight excluding hydrogens is 415 g/mol. The van der Waals surface area contributed by atoms with Gasteiger partial charge in [-0.05, 0) is 55.8 Å². The molecule has 2 aromatic carbocycles. The molecule has 0 aliphatic heterocycles. The number of ether oxygens (including phenoxy) is 1. The smallest absolute Gasteiger partial charge is 0.286 e. The van der Waals surface area contributed by atoms with Crippen molar-refractivity contribution in [3.63, 3.8) is 0 Å². The number of amides is 1. The highest BCUT2D eigenvalue weighted by Gasteiger charge is 2.24. The quantitative estimate of drug-likeness (QED) is 0.567. The minimum Gasteiger partial charge on any atom is -0.497 e. The van der Waals surface area contributed by atoms with Crippen LogP contribution in [0.2, 0.25) is 5.02 Å². The summed E-state index contributed by atoms with van der Waals surface area (Å²) in [5.74, 6) is -0.0120. The van der Waals surface area contributed by atoms with Gasteiger partial charge in [0.15, 0.2) is 0 Å².